The van der Waals surface area contributed by atoms with E-state index >= 15 is 0 Å². The predicted molar refractivity (Wildman–Crippen MR) is 60.1 cm³/mol. The average Bonchev–Trinajstić information content (AvgIpc) is 2.65. The lowest BCUT2D eigenvalue weighted by Gasteiger charge is -2.25. The molecule has 14 heavy (non-hydrogen) atoms. The van der Waals surface area contributed by atoms with Crippen molar-refractivity contribution in [2.45, 2.75) is 25.8 Å². The van der Waals surface area contributed by atoms with E-state index in [1.165, 1.54) is 18.5 Å². The van der Waals surface area contributed by atoms with Gasteiger partial charge in [-0.1, -0.05) is 0 Å². The van der Waals surface area contributed by atoms with Gasteiger partial charge in [-0.05, 0) is 31.9 Å². The van der Waals surface area contributed by atoms with Gasteiger partial charge < -0.3 is 4.90 Å². The number of hydrogen-bond acceptors (Lipinski definition) is 2. The Labute approximate surface area is 89.9 Å². The molecule has 1 atom stereocenters. The van der Waals surface area contributed by atoms with Crippen LogP contribution in [0.25, 0.3) is 0 Å². The topological polar surface area (TPSA) is 16.1 Å². The van der Waals surface area contributed by atoms with E-state index < -0.39 is 0 Å². The number of halogens is 1. The van der Waals surface area contributed by atoms with Crippen LogP contribution in [-0.4, -0.2) is 23.5 Å². The summed E-state index contributed by atoms with van der Waals surface area (Å²) in [6, 6.07) is 4.71. The molecule has 0 spiro atoms. The zero-order valence-corrected chi connectivity index (χ0v) is 9.17. The molecular formula is C11H15ClN2. The number of aryl methyl sites for hydroxylation is 1. The number of hydrogen-bond donors (Lipinski definition) is 0. The molecule has 0 amide bonds. The molecule has 1 aromatic heterocycles. The van der Waals surface area contributed by atoms with Gasteiger partial charge in [-0.25, -0.2) is 0 Å². The van der Waals surface area contributed by atoms with Gasteiger partial charge in [-0.15, -0.1) is 11.6 Å². The summed E-state index contributed by atoms with van der Waals surface area (Å²) in [5, 5.41) is 0. The van der Waals surface area contributed by atoms with Crippen molar-refractivity contribution in [2.75, 3.05) is 17.3 Å². The van der Waals surface area contributed by atoms with Gasteiger partial charge in [0.15, 0.2) is 0 Å². The van der Waals surface area contributed by atoms with Gasteiger partial charge in [-0.3, -0.25) is 4.98 Å². The van der Waals surface area contributed by atoms with Crippen LogP contribution in [-0.2, 0) is 0 Å². The van der Waals surface area contributed by atoms with Crippen molar-refractivity contribution in [3.05, 3.63) is 24.0 Å². The number of anilines is 1. The van der Waals surface area contributed by atoms with E-state index in [1.54, 1.807) is 0 Å². The third-order valence-electron chi connectivity index (χ3n) is 2.77. The second-order valence-electron chi connectivity index (χ2n) is 3.80. The average molecular weight is 211 g/mol. The molecule has 0 aliphatic carbocycles. The smallest absolute Gasteiger partial charge is 0.0427 e. The Morgan fingerprint density at radius 1 is 1.64 bits per heavy atom. The van der Waals surface area contributed by atoms with Gasteiger partial charge in [0.05, 0.1) is 0 Å². The van der Waals surface area contributed by atoms with E-state index in [9.17, 15) is 0 Å². The van der Waals surface area contributed by atoms with Gasteiger partial charge >= 0.3 is 0 Å². The lowest BCUT2D eigenvalue weighted by atomic mass is 10.2. The SMILES string of the molecule is Cc1cc(N2CCCC2CCl)ccn1. The lowest BCUT2D eigenvalue weighted by Crippen LogP contribution is -2.30. The number of rotatable bonds is 2. The Morgan fingerprint density at radius 2 is 2.50 bits per heavy atom. The van der Waals surface area contributed by atoms with Crippen LogP contribution in [0.3, 0.4) is 0 Å². The van der Waals surface area contributed by atoms with Gasteiger partial charge in [0, 0.05) is 36.0 Å². The second-order valence-corrected chi connectivity index (χ2v) is 4.11. The van der Waals surface area contributed by atoms with Crippen LogP contribution in [0.2, 0.25) is 0 Å². The Bertz CT molecular complexity index is 314. The highest BCUT2D eigenvalue weighted by Gasteiger charge is 2.23. The van der Waals surface area contributed by atoms with Crippen LogP contribution in [0, 0.1) is 6.92 Å². The Morgan fingerprint density at radius 3 is 3.21 bits per heavy atom. The normalized spacial score (nSPS) is 21.6. The molecule has 1 saturated heterocycles. The molecule has 0 aromatic carbocycles. The van der Waals surface area contributed by atoms with E-state index in [0.717, 1.165) is 18.1 Å². The number of alkyl halides is 1. The van der Waals surface area contributed by atoms with Crippen molar-refractivity contribution >= 4 is 17.3 Å². The summed E-state index contributed by atoms with van der Waals surface area (Å²) < 4.78 is 0. The fourth-order valence-electron chi connectivity index (χ4n) is 2.05. The van der Waals surface area contributed by atoms with Crippen LogP contribution in [0.15, 0.2) is 18.3 Å². The lowest BCUT2D eigenvalue weighted by molar-refractivity contribution is 0.741. The molecule has 0 bridgehead atoms. The largest absolute Gasteiger partial charge is 0.367 e. The van der Waals surface area contributed by atoms with Crippen molar-refractivity contribution in [3.63, 3.8) is 0 Å². The molecule has 2 heterocycles. The predicted octanol–water partition coefficient (Wildman–Crippen LogP) is 2.60. The van der Waals surface area contributed by atoms with Gasteiger partial charge in [0.1, 0.15) is 0 Å². The number of pyridine rings is 1. The highest BCUT2D eigenvalue weighted by Crippen LogP contribution is 2.25. The molecule has 0 saturated carbocycles. The van der Waals surface area contributed by atoms with Crippen molar-refractivity contribution in [1.82, 2.24) is 4.98 Å². The van der Waals surface area contributed by atoms with E-state index in [4.69, 9.17) is 11.6 Å². The first kappa shape index (κ1) is 9.78. The molecule has 1 aliphatic rings. The molecule has 0 radical (unpaired) electrons. The molecule has 0 N–H and O–H groups in total. The maximum Gasteiger partial charge on any atom is 0.0427 e. The summed E-state index contributed by atoms with van der Waals surface area (Å²) in [4.78, 5) is 6.59. The van der Waals surface area contributed by atoms with E-state index in [1.807, 2.05) is 13.1 Å². The molecule has 2 nitrogen and oxygen atoms in total. The molecular weight excluding hydrogens is 196 g/mol. The summed E-state index contributed by atoms with van der Waals surface area (Å²) in [5.74, 6) is 0.724. The van der Waals surface area contributed by atoms with Gasteiger partial charge in [-0.2, -0.15) is 0 Å². The standard InChI is InChI=1S/C11H15ClN2/c1-9-7-10(4-5-13-9)14-6-2-3-11(14)8-12/h4-5,7,11H,2-3,6,8H2,1H3. The van der Waals surface area contributed by atoms with Crippen molar-refractivity contribution in [2.24, 2.45) is 0 Å². The molecule has 1 aliphatic heterocycles. The Kier molecular flexibility index (Phi) is 2.92. The van der Waals surface area contributed by atoms with Crippen LogP contribution in [0.1, 0.15) is 18.5 Å². The molecule has 1 fully saturated rings. The highest BCUT2D eigenvalue weighted by molar-refractivity contribution is 6.18. The van der Waals surface area contributed by atoms with Crippen LogP contribution < -0.4 is 4.90 Å². The molecule has 76 valence electrons. The van der Waals surface area contributed by atoms with Gasteiger partial charge in [0.2, 0.25) is 0 Å². The summed E-state index contributed by atoms with van der Waals surface area (Å²) in [5.41, 5.74) is 2.34. The third kappa shape index (κ3) is 1.85. The quantitative estimate of drug-likeness (QED) is 0.698. The van der Waals surface area contributed by atoms with Crippen LogP contribution in [0.4, 0.5) is 5.69 Å². The van der Waals surface area contributed by atoms with Crippen molar-refractivity contribution < 1.29 is 0 Å². The number of aromatic nitrogens is 1. The third-order valence-corrected chi connectivity index (χ3v) is 3.12. The van der Waals surface area contributed by atoms with Crippen molar-refractivity contribution in [3.8, 4) is 0 Å². The summed E-state index contributed by atoms with van der Waals surface area (Å²) in [6.07, 6.45) is 4.33. The summed E-state index contributed by atoms with van der Waals surface area (Å²) >= 11 is 5.93. The zero-order chi connectivity index (χ0) is 9.97. The molecule has 3 heteroatoms. The fourth-order valence-corrected chi connectivity index (χ4v) is 2.37. The fraction of sp³-hybridized carbons (Fsp3) is 0.545. The minimum Gasteiger partial charge on any atom is -0.367 e. The summed E-state index contributed by atoms with van der Waals surface area (Å²) in [6.45, 7) is 3.15. The van der Waals surface area contributed by atoms with E-state index in [-0.39, 0.29) is 0 Å². The minimum atomic E-state index is 0.512. The van der Waals surface area contributed by atoms with Crippen LogP contribution in [0.5, 0.6) is 0 Å². The van der Waals surface area contributed by atoms with Crippen LogP contribution >= 0.6 is 11.6 Å². The summed E-state index contributed by atoms with van der Waals surface area (Å²) in [7, 11) is 0. The maximum atomic E-state index is 5.93. The monoisotopic (exact) mass is 210 g/mol. The van der Waals surface area contributed by atoms with Crippen molar-refractivity contribution in [1.29, 1.82) is 0 Å². The first-order valence-corrected chi connectivity index (χ1v) is 5.60. The second kappa shape index (κ2) is 4.18. The Balaban J connectivity index is 2.21. The highest BCUT2D eigenvalue weighted by atomic mass is 35.5. The minimum absolute atomic E-state index is 0.512. The molecule has 1 unspecified atom stereocenters. The van der Waals surface area contributed by atoms with Gasteiger partial charge in [0.25, 0.3) is 0 Å². The molecule has 2 rings (SSSR count). The Hall–Kier alpha value is -0.760. The van der Waals surface area contributed by atoms with E-state index in [0.29, 0.717) is 6.04 Å². The number of nitrogens with zero attached hydrogens (tertiary/aromatic N) is 2. The molecule has 1 aromatic rings. The maximum absolute atomic E-state index is 5.93. The zero-order valence-electron chi connectivity index (χ0n) is 8.41. The van der Waals surface area contributed by atoms with E-state index in [2.05, 4.69) is 22.0 Å². The first-order valence-electron chi connectivity index (χ1n) is 5.06. The first-order chi connectivity index (χ1) is 6.81.